The van der Waals surface area contributed by atoms with Crippen molar-refractivity contribution in [3.05, 3.63) is 29.8 Å². The second-order valence-corrected chi connectivity index (χ2v) is 5.04. The first kappa shape index (κ1) is 13.8. The predicted molar refractivity (Wildman–Crippen MR) is 66.3 cm³/mol. The maximum atomic E-state index is 13.2. The van der Waals surface area contributed by atoms with Crippen LogP contribution in [0.1, 0.15) is 25.7 Å². The molecule has 90 valence electrons. The van der Waals surface area contributed by atoms with E-state index in [1.807, 2.05) is 0 Å². The van der Waals surface area contributed by atoms with Crippen molar-refractivity contribution in [3.63, 3.8) is 0 Å². The van der Waals surface area contributed by atoms with Gasteiger partial charge in [-0.15, -0.1) is 23.4 Å². The Labute approximate surface area is 104 Å². The zero-order valence-electron chi connectivity index (χ0n) is 9.02. The van der Waals surface area contributed by atoms with E-state index < -0.39 is 0 Å². The van der Waals surface area contributed by atoms with Gasteiger partial charge >= 0.3 is 0 Å². The van der Waals surface area contributed by atoms with Gasteiger partial charge in [-0.1, -0.05) is 12.8 Å². The molecule has 16 heavy (non-hydrogen) atoms. The molecule has 1 aromatic rings. The van der Waals surface area contributed by atoms with Gasteiger partial charge in [-0.3, -0.25) is 0 Å². The zero-order chi connectivity index (χ0) is 11.8. The average Bonchev–Trinajstić information content (AvgIpc) is 2.28. The first-order valence-electron chi connectivity index (χ1n) is 5.38. The van der Waals surface area contributed by atoms with E-state index >= 15 is 0 Å². The Morgan fingerprint density at radius 2 is 1.81 bits per heavy atom. The van der Waals surface area contributed by atoms with Crippen molar-refractivity contribution < 1.29 is 8.78 Å². The van der Waals surface area contributed by atoms with E-state index in [4.69, 9.17) is 11.6 Å². The van der Waals surface area contributed by atoms with E-state index in [-0.39, 0.29) is 11.6 Å². The van der Waals surface area contributed by atoms with Gasteiger partial charge in [-0.2, -0.15) is 0 Å². The van der Waals surface area contributed by atoms with E-state index in [2.05, 4.69) is 0 Å². The first-order valence-corrected chi connectivity index (χ1v) is 6.90. The van der Waals surface area contributed by atoms with Crippen LogP contribution >= 0.6 is 23.4 Å². The number of hydrogen-bond donors (Lipinski definition) is 0. The van der Waals surface area contributed by atoms with Gasteiger partial charge in [0, 0.05) is 10.8 Å². The molecule has 0 nitrogen and oxygen atoms in total. The lowest BCUT2D eigenvalue weighted by atomic mass is 10.2. The largest absolute Gasteiger partial charge is 0.207 e. The van der Waals surface area contributed by atoms with E-state index in [9.17, 15) is 8.78 Å². The SMILES string of the molecule is Fc1ccc(F)c(SCCCCCCCl)c1. The van der Waals surface area contributed by atoms with Crippen LogP contribution in [0.3, 0.4) is 0 Å². The van der Waals surface area contributed by atoms with Crippen LogP contribution in [0.4, 0.5) is 8.78 Å². The van der Waals surface area contributed by atoms with Crippen molar-refractivity contribution >= 4 is 23.4 Å². The summed E-state index contributed by atoms with van der Waals surface area (Å²) >= 11 is 6.92. The third-order valence-electron chi connectivity index (χ3n) is 2.18. The molecule has 0 aliphatic rings. The molecular weight excluding hydrogens is 250 g/mol. The van der Waals surface area contributed by atoms with Crippen molar-refractivity contribution in [1.29, 1.82) is 0 Å². The second kappa shape index (κ2) is 7.91. The van der Waals surface area contributed by atoms with Crippen LogP contribution in [0.2, 0.25) is 0 Å². The standard InChI is InChI=1S/C12H15ClF2S/c13-7-3-1-2-4-8-16-12-9-10(14)5-6-11(12)15/h5-6,9H,1-4,7-8H2. The third-order valence-corrected chi connectivity index (χ3v) is 3.56. The first-order chi connectivity index (χ1) is 7.74. The number of benzene rings is 1. The van der Waals surface area contributed by atoms with E-state index in [1.165, 1.54) is 23.9 Å². The van der Waals surface area contributed by atoms with E-state index in [0.29, 0.717) is 10.8 Å². The van der Waals surface area contributed by atoms with Crippen LogP contribution in [-0.4, -0.2) is 11.6 Å². The molecule has 0 unspecified atom stereocenters. The monoisotopic (exact) mass is 264 g/mol. The Kier molecular flexibility index (Phi) is 6.81. The molecule has 0 amide bonds. The summed E-state index contributed by atoms with van der Waals surface area (Å²) in [5.74, 6) is 0.798. The molecule has 0 heterocycles. The maximum absolute atomic E-state index is 13.2. The fourth-order valence-electron chi connectivity index (χ4n) is 1.32. The van der Waals surface area contributed by atoms with Crippen LogP contribution in [-0.2, 0) is 0 Å². The van der Waals surface area contributed by atoms with Gasteiger partial charge in [0.05, 0.1) is 0 Å². The summed E-state index contributed by atoms with van der Waals surface area (Å²) in [6, 6.07) is 3.56. The quantitative estimate of drug-likeness (QED) is 0.385. The maximum Gasteiger partial charge on any atom is 0.136 e. The summed E-state index contributed by atoms with van der Waals surface area (Å²) < 4.78 is 26.0. The van der Waals surface area contributed by atoms with Crippen LogP contribution < -0.4 is 0 Å². The molecule has 0 radical (unpaired) electrons. The second-order valence-electron chi connectivity index (χ2n) is 3.53. The van der Waals surface area contributed by atoms with Gasteiger partial charge < -0.3 is 0 Å². The lowest BCUT2D eigenvalue weighted by Gasteiger charge is -2.03. The molecular formula is C12H15ClF2S. The minimum atomic E-state index is -0.383. The van der Waals surface area contributed by atoms with Crippen molar-refractivity contribution in [2.45, 2.75) is 30.6 Å². The summed E-state index contributed by atoms with van der Waals surface area (Å²) in [6.07, 6.45) is 4.24. The van der Waals surface area contributed by atoms with Gasteiger partial charge in [-0.25, -0.2) is 8.78 Å². The van der Waals surface area contributed by atoms with Crippen LogP contribution in [0.5, 0.6) is 0 Å². The number of unbranched alkanes of at least 4 members (excludes halogenated alkanes) is 3. The third kappa shape index (κ3) is 5.17. The van der Waals surface area contributed by atoms with Crippen molar-refractivity contribution in [2.75, 3.05) is 11.6 Å². The van der Waals surface area contributed by atoms with Gasteiger partial charge in [0.15, 0.2) is 0 Å². The Morgan fingerprint density at radius 3 is 2.56 bits per heavy atom. The average molecular weight is 265 g/mol. The topological polar surface area (TPSA) is 0 Å². The molecule has 0 aliphatic carbocycles. The van der Waals surface area contributed by atoms with Gasteiger partial charge in [0.1, 0.15) is 11.6 Å². The smallest absolute Gasteiger partial charge is 0.136 e. The normalized spacial score (nSPS) is 10.7. The Balaban J connectivity index is 2.23. The number of hydrogen-bond acceptors (Lipinski definition) is 1. The lowest BCUT2D eigenvalue weighted by molar-refractivity contribution is 0.577. The minimum absolute atomic E-state index is 0.341. The highest BCUT2D eigenvalue weighted by atomic mass is 35.5. The van der Waals surface area contributed by atoms with Crippen LogP contribution in [0.15, 0.2) is 23.1 Å². The predicted octanol–water partition coefficient (Wildman–Crippen LogP) is 4.86. The van der Waals surface area contributed by atoms with Crippen LogP contribution in [0, 0.1) is 11.6 Å². The highest BCUT2D eigenvalue weighted by Gasteiger charge is 2.03. The lowest BCUT2D eigenvalue weighted by Crippen LogP contribution is -1.87. The molecule has 0 saturated carbocycles. The van der Waals surface area contributed by atoms with Crippen LogP contribution in [0.25, 0.3) is 0 Å². The van der Waals surface area contributed by atoms with Gasteiger partial charge in [0.25, 0.3) is 0 Å². The van der Waals surface area contributed by atoms with Crippen molar-refractivity contribution in [2.24, 2.45) is 0 Å². The summed E-state index contributed by atoms with van der Waals surface area (Å²) in [5.41, 5.74) is 0. The van der Waals surface area contributed by atoms with Gasteiger partial charge in [0.2, 0.25) is 0 Å². The van der Waals surface area contributed by atoms with E-state index in [1.54, 1.807) is 0 Å². The molecule has 1 rings (SSSR count). The minimum Gasteiger partial charge on any atom is -0.207 e. The van der Waals surface area contributed by atoms with Gasteiger partial charge in [-0.05, 0) is 36.8 Å². The fourth-order valence-corrected chi connectivity index (χ4v) is 2.48. The summed E-state index contributed by atoms with van der Waals surface area (Å²) in [4.78, 5) is 0.400. The number of halogens is 3. The molecule has 0 atom stereocenters. The fraction of sp³-hybridized carbons (Fsp3) is 0.500. The Morgan fingerprint density at radius 1 is 1.06 bits per heavy atom. The molecule has 4 heteroatoms. The number of rotatable bonds is 7. The molecule has 0 N–H and O–H groups in total. The highest BCUT2D eigenvalue weighted by molar-refractivity contribution is 7.99. The van der Waals surface area contributed by atoms with Crippen molar-refractivity contribution in [3.8, 4) is 0 Å². The molecule has 0 aromatic heterocycles. The zero-order valence-corrected chi connectivity index (χ0v) is 10.6. The number of thioether (sulfide) groups is 1. The number of alkyl halides is 1. The Bertz CT molecular complexity index is 318. The molecule has 0 aliphatic heterocycles. The highest BCUT2D eigenvalue weighted by Crippen LogP contribution is 2.23. The Hall–Kier alpha value is -0.280. The molecule has 0 spiro atoms. The summed E-state index contributed by atoms with van der Waals surface area (Å²) in [7, 11) is 0. The molecule has 0 bridgehead atoms. The molecule has 0 saturated heterocycles. The molecule has 1 aromatic carbocycles. The summed E-state index contributed by atoms with van der Waals surface area (Å²) in [6.45, 7) is 0. The molecule has 0 fully saturated rings. The van der Waals surface area contributed by atoms with E-state index in [0.717, 1.165) is 37.5 Å². The summed E-state index contributed by atoms with van der Waals surface area (Å²) in [5, 5.41) is 0. The van der Waals surface area contributed by atoms with Crippen molar-refractivity contribution in [1.82, 2.24) is 0 Å².